The molecule has 0 saturated heterocycles. The highest BCUT2D eigenvalue weighted by atomic mass is 16.5. The summed E-state index contributed by atoms with van der Waals surface area (Å²) in [6.45, 7) is 10.9. The first-order valence-electron chi connectivity index (χ1n) is 5.84. The fourth-order valence-corrected chi connectivity index (χ4v) is 1.72. The van der Waals surface area contributed by atoms with Crippen molar-refractivity contribution in [2.45, 2.75) is 33.6 Å². The predicted molar refractivity (Wildman–Crippen MR) is 60.5 cm³/mol. The van der Waals surface area contributed by atoms with Crippen molar-refractivity contribution < 1.29 is 4.74 Å². The molecule has 0 aromatic rings. The highest BCUT2D eigenvalue weighted by Crippen LogP contribution is 2.46. The molecular weight excluding hydrogens is 174 g/mol. The van der Waals surface area contributed by atoms with E-state index in [1.165, 1.54) is 19.4 Å². The minimum absolute atomic E-state index is 0.514. The van der Waals surface area contributed by atoms with Crippen LogP contribution in [0, 0.1) is 11.3 Å². The van der Waals surface area contributed by atoms with Crippen LogP contribution < -0.4 is 0 Å². The van der Waals surface area contributed by atoms with Crippen molar-refractivity contribution in [2.75, 3.05) is 33.4 Å². The Morgan fingerprint density at radius 1 is 1.36 bits per heavy atom. The average molecular weight is 199 g/mol. The maximum Gasteiger partial charge on any atom is 0.0534 e. The van der Waals surface area contributed by atoms with Gasteiger partial charge in [0, 0.05) is 18.6 Å². The molecule has 0 bridgehead atoms. The van der Waals surface area contributed by atoms with Gasteiger partial charge in [-0.15, -0.1) is 0 Å². The second kappa shape index (κ2) is 5.13. The molecule has 0 aromatic carbocycles. The summed E-state index contributed by atoms with van der Waals surface area (Å²) in [5.41, 5.74) is 0.514. The van der Waals surface area contributed by atoms with Crippen molar-refractivity contribution in [3.05, 3.63) is 0 Å². The van der Waals surface area contributed by atoms with E-state index < -0.39 is 0 Å². The first-order valence-corrected chi connectivity index (χ1v) is 5.84. The van der Waals surface area contributed by atoms with Crippen LogP contribution in [-0.2, 0) is 4.74 Å². The van der Waals surface area contributed by atoms with Gasteiger partial charge in [0.15, 0.2) is 0 Å². The molecule has 1 rings (SSSR count). The molecule has 0 atom stereocenters. The van der Waals surface area contributed by atoms with Gasteiger partial charge in [-0.1, -0.05) is 20.8 Å². The molecule has 14 heavy (non-hydrogen) atoms. The fraction of sp³-hybridized carbons (Fsp3) is 1.00. The molecule has 0 unspecified atom stereocenters. The van der Waals surface area contributed by atoms with Crippen LogP contribution in [0.25, 0.3) is 0 Å². The maximum absolute atomic E-state index is 5.74. The molecule has 0 amide bonds. The Morgan fingerprint density at radius 2 is 2.00 bits per heavy atom. The van der Waals surface area contributed by atoms with Crippen LogP contribution in [-0.4, -0.2) is 38.3 Å². The second-order valence-corrected chi connectivity index (χ2v) is 5.24. The number of ether oxygens (including phenoxy) is 1. The highest BCUT2D eigenvalue weighted by Gasteiger charge is 2.43. The zero-order valence-electron chi connectivity index (χ0n) is 10.2. The van der Waals surface area contributed by atoms with E-state index in [1.54, 1.807) is 0 Å². The third-order valence-electron chi connectivity index (χ3n) is 2.96. The molecule has 1 fully saturated rings. The maximum atomic E-state index is 5.74. The lowest BCUT2D eigenvalue weighted by Gasteiger charge is -2.22. The molecule has 0 spiro atoms. The second-order valence-electron chi connectivity index (χ2n) is 5.24. The Labute approximate surface area is 88.6 Å². The Hall–Kier alpha value is -0.0800. The van der Waals surface area contributed by atoms with Gasteiger partial charge < -0.3 is 9.64 Å². The van der Waals surface area contributed by atoms with E-state index in [2.05, 4.69) is 32.7 Å². The summed E-state index contributed by atoms with van der Waals surface area (Å²) in [6.07, 6.45) is 2.71. The van der Waals surface area contributed by atoms with E-state index in [-0.39, 0.29) is 0 Å². The molecule has 1 aliphatic carbocycles. The summed E-state index contributed by atoms with van der Waals surface area (Å²) in [5.74, 6) is 0.662. The molecular formula is C12H25NO. The van der Waals surface area contributed by atoms with Crippen LogP contribution >= 0.6 is 0 Å². The Morgan fingerprint density at radius 3 is 2.43 bits per heavy atom. The van der Waals surface area contributed by atoms with Crippen LogP contribution in [0.4, 0.5) is 0 Å². The standard InChI is InChI=1S/C12H25NO/c1-5-13(4)9-12(6-7-12)10-14-8-11(2)3/h11H,5-10H2,1-4H3. The van der Waals surface area contributed by atoms with Gasteiger partial charge in [0.05, 0.1) is 6.61 Å². The topological polar surface area (TPSA) is 12.5 Å². The van der Waals surface area contributed by atoms with Gasteiger partial charge in [0.25, 0.3) is 0 Å². The van der Waals surface area contributed by atoms with Gasteiger partial charge in [-0.2, -0.15) is 0 Å². The summed E-state index contributed by atoms with van der Waals surface area (Å²) in [7, 11) is 2.20. The lowest BCUT2D eigenvalue weighted by Crippen LogP contribution is -2.29. The zero-order chi connectivity index (χ0) is 10.6. The van der Waals surface area contributed by atoms with Gasteiger partial charge in [-0.05, 0) is 32.4 Å². The summed E-state index contributed by atoms with van der Waals surface area (Å²) in [5, 5.41) is 0. The Kier molecular flexibility index (Phi) is 4.39. The van der Waals surface area contributed by atoms with Crippen LogP contribution in [0.3, 0.4) is 0 Å². The summed E-state index contributed by atoms with van der Waals surface area (Å²) < 4.78 is 5.74. The van der Waals surface area contributed by atoms with E-state index in [0.717, 1.165) is 19.8 Å². The number of rotatable bonds is 7. The summed E-state index contributed by atoms with van der Waals surface area (Å²) in [4.78, 5) is 2.39. The van der Waals surface area contributed by atoms with Crippen molar-refractivity contribution >= 4 is 0 Å². The Balaban J connectivity index is 2.15. The van der Waals surface area contributed by atoms with E-state index in [1.807, 2.05) is 0 Å². The number of hydrogen-bond acceptors (Lipinski definition) is 2. The molecule has 2 heteroatoms. The molecule has 0 heterocycles. The fourth-order valence-electron chi connectivity index (χ4n) is 1.72. The van der Waals surface area contributed by atoms with Crippen LogP contribution in [0.2, 0.25) is 0 Å². The molecule has 1 aliphatic rings. The molecule has 0 aromatic heterocycles. The summed E-state index contributed by atoms with van der Waals surface area (Å²) in [6, 6.07) is 0. The molecule has 84 valence electrons. The van der Waals surface area contributed by atoms with Crippen molar-refractivity contribution in [2.24, 2.45) is 11.3 Å². The molecule has 1 saturated carbocycles. The van der Waals surface area contributed by atoms with Crippen molar-refractivity contribution in [3.8, 4) is 0 Å². The van der Waals surface area contributed by atoms with Gasteiger partial charge in [0.2, 0.25) is 0 Å². The first kappa shape index (κ1) is 12.0. The van der Waals surface area contributed by atoms with E-state index in [4.69, 9.17) is 4.74 Å². The minimum atomic E-state index is 0.514. The van der Waals surface area contributed by atoms with Gasteiger partial charge in [-0.25, -0.2) is 0 Å². The van der Waals surface area contributed by atoms with Crippen LogP contribution in [0.5, 0.6) is 0 Å². The Bertz CT molecular complexity index is 164. The first-order chi connectivity index (χ1) is 6.58. The molecule has 0 radical (unpaired) electrons. The largest absolute Gasteiger partial charge is 0.381 e. The van der Waals surface area contributed by atoms with Crippen molar-refractivity contribution in [1.29, 1.82) is 0 Å². The SMILES string of the molecule is CCN(C)CC1(COCC(C)C)CC1. The molecule has 2 nitrogen and oxygen atoms in total. The van der Waals surface area contributed by atoms with Crippen molar-refractivity contribution in [1.82, 2.24) is 4.90 Å². The van der Waals surface area contributed by atoms with Gasteiger partial charge >= 0.3 is 0 Å². The van der Waals surface area contributed by atoms with E-state index >= 15 is 0 Å². The van der Waals surface area contributed by atoms with Crippen molar-refractivity contribution in [3.63, 3.8) is 0 Å². The van der Waals surface area contributed by atoms with Crippen LogP contribution in [0.1, 0.15) is 33.6 Å². The average Bonchev–Trinajstić information content (AvgIpc) is 2.84. The van der Waals surface area contributed by atoms with E-state index in [0.29, 0.717) is 11.3 Å². The lowest BCUT2D eigenvalue weighted by molar-refractivity contribution is 0.0596. The highest BCUT2D eigenvalue weighted by molar-refractivity contribution is 4.95. The molecule has 0 aliphatic heterocycles. The normalized spacial score (nSPS) is 19.3. The quantitative estimate of drug-likeness (QED) is 0.624. The minimum Gasteiger partial charge on any atom is -0.381 e. The smallest absolute Gasteiger partial charge is 0.0534 e. The zero-order valence-corrected chi connectivity index (χ0v) is 10.2. The lowest BCUT2D eigenvalue weighted by atomic mass is 10.1. The van der Waals surface area contributed by atoms with Crippen LogP contribution in [0.15, 0.2) is 0 Å². The predicted octanol–water partition coefficient (Wildman–Crippen LogP) is 2.39. The monoisotopic (exact) mass is 199 g/mol. The summed E-state index contributed by atoms with van der Waals surface area (Å²) >= 11 is 0. The van der Waals surface area contributed by atoms with Gasteiger partial charge in [0.1, 0.15) is 0 Å². The third kappa shape index (κ3) is 3.97. The van der Waals surface area contributed by atoms with E-state index in [9.17, 15) is 0 Å². The number of nitrogens with zero attached hydrogens (tertiary/aromatic N) is 1. The van der Waals surface area contributed by atoms with Gasteiger partial charge in [-0.3, -0.25) is 0 Å². The third-order valence-corrected chi connectivity index (χ3v) is 2.96. The molecule has 0 N–H and O–H groups in total. The number of hydrogen-bond donors (Lipinski definition) is 0.